The fourth-order valence-corrected chi connectivity index (χ4v) is 3.17. The Labute approximate surface area is 111 Å². The van der Waals surface area contributed by atoms with E-state index < -0.39 is 9.84 Å². The number of nitrogens with zero attached hydrogens (tertiary/aromatic N) is 2. The van der Waals surface area contributed by atoms with Crippen LogP contribution in [0.4, 0.5) is 0 Å². The highest BCUT2D eigenvalue weighted by atomic mass is 32.2. The summed E-state index contributed by atoms with van der Waals surface area (Å²) in [6, 6.07) is 0. The van der Waals surface area contributed by atoms with Crippen LogP contribution >= 0.6 is 0 Å². The number of sulfone groups is 1. The lowest BCUT2D eigenvalue weighted by molar-refractivity contribution is -0.134. The van der Waals surface area contributed by atoms with Crippen LogP contribution in [-0.4, -0.2) is 62.5 Å². The first kappa shape index (κ1) is 14.0. The second-order valence-electron chi connectivity index (χ2n) is 4.68. The molecule has 1 saturated heterocycles. The second kappa shape index (κ2) is 5.30. The Balaban J connectivity index is 2.14. The van der Waals surface area contributed by atoms with Gasteiger partial charge in [0.1, 0.15) is 11.5 Å². The SMILES string of the molecule is COCC(=O)N1CCC(c2[nH]ncc2S(C)(=O)=O)C1. The molecular weight excluding hydrogens is 270 g/mol. The molecule has 1 atom stereocenters. The molecule has 1 N–H and O–H groups in total. The Kier molecular flexibility index (Phi) is 3.91. The highest BCUT2D eigenvalue weighted by Crippen LogP contribution is 2.30. The molecule has 1 amide bonds. The molecule has 1 aliphatic rings. The maximum atomic E-state index is 11.7. The minimum Gasteiger partial charge on any atom is -0.375 e. The van der Waals surface area contributed by atoms with Gasteiger partial charge in [0.05, 0.1) is 11.9 Å². The van der Waals surface area contributed by atoms with E-state index in [0.717, 1.165) is 12.7 Å². The number of aromatic amines is 1. The average Bonchev–Trinajstić information content (AvgIpc) is 2.97. The van der Waals surface area contributed by atoms with Crippen LogP contribution in [-0.2, 0) is 19.4 Å². The van der Waals surface area contributed by atoms with Crippen molar-refractivity contribution < 1.29 is 17.9 Å². The number of ether oxygens (including phenoxy) is 1. The first-order valence-electron chi connectivity index (χ1n) is 5.93. The highest BCUT2D eigenvalue weighted by Gasteiger charge is 2.31. The van der Waals surface area contributed by atoms with Gasteiger partial charge in [-0.3, -0.25) is 9.89 Å². The number of H-pyrrole nitrogens is 1. The molecule has 1 unspecified atom stereocenters. The van der Waals surface area contributed by atoms with E-state index in [1.54, 1.807) is 4.90 Å². The summed E-state index contributed by atoms with van der Waals surface area (Å²) in [5, 5.41) is 6.55. The highest BCUT2D eigenvalue weighted by molar-refractivity contribution is 7.90. The number of aromatic nitrogens is 2. The fraction of sp³-hybridized carbons (Fsp3) is 0.636. The van der Waals surface area contributed by atoms with E-state index in [1.807, 2.05) is 0 Å². The van der Waals surface area contributed by atoms with E-state index >= 15 is 0 Å². The number of nitrogens with one attached hydrogen (secondary N) is 1. The standard InChI is InChI=1S/C11H17N3O4S/c1-18-7-10(15)14-4-3-8(6-14)11-9(5-12-13-11)19(2,16)17/h5,8H,3-4,6-7H2,1-2H3,(H,12,13). The van der Waals surface area contributed by atoms with Crippen LogP contribution in [0.15, 0.2) is 11.1 Å². The molecule has 1 aliphatic heterocycles. The summed E-state index contributed by atoms with van der Waals surface area (Å²) in [7, 11) is -1.82. The quantitative estimate of drug-likeness (QED) is 0.826. The monoisotopic (exact) mass is 287 g/mol. The smallest absolute Gasteiger partial charge is 0.248 e. The van der Waals surface area contributed by atoms with Crippen LogP contribution in [0, 0.1) is 0 Å². The van der Waals surface area contributed by atoms with Gasteiger partial charge < -0.3 is 9.64 Å². The van der Waals surface area contributed by atoms with Gasteiger partial charge in [-0.25, -0.2) is 8.42 Å². The summed E-state index contributed by atoms with van der Waals surface area (Å²) in [5.41, 5.74) is 0.593. The van der Waals surface area contributed by atoms with Crippen molar-refractivity contribution in [2.75, 3.05) is 33.1 Å². The number of carbonyl (C=O) groups excluding carboxylic acids is 1. The van der Waals surface area contributed by atoms with Gasteiger partial charge in [0.2, 0.25) is 5.91 Å². The van der Waals surface area contributed by atoms with E-state index in [4.69, 9.17) is 4.74 Å². The Morgan fingerprint density at radius 1 is 1.63 bits per heavy atom. The van der Waals surface area contributed by atoms with Gasteiger partial charge >= 0.3 is 0 Å². The summed E-state index contributed by atoms with van der Waals surface area (Å²) >= 11 is 0. The topological polar surface area (TPSA) is 92.4 Å². The number of methoxy groups -OCH3 is 1. The first-order chi connectivity index (χ1) is 8.93. The van der Waals surface area contributed by atoms with Crippen molar-refractivity contribution in [1.82, 2.24) is 15.1 Å². The van der Waals surface area contributed by atoms with E-state index in [0.29, 0.717) is 18.8 Å². The van der Waals surface area contributed by atoms with Crippen molar-refractivity contribution in [1.29, 1.82) is 0 Å². The molecule has 1 aromatic heterocycles. The summed E-state index contributed by atoms with van der Waals surface area (Å²) in [4.78, 5) is 13.6. The molecule has 7 nitrogen and oxygen atoms in total. The Morgan fingerprint density at radius 3 is 3.00 bits per heavy atom. The van der Waals surface area contributed by atoms with Crippen LogP contribution in [0.1, 0.15) is 18.0 Å². The third kappa shape index (κ3) is 2.95. The molecule has 1 aromatic rings. The summed E-state index contributed by atoms with van der Waals surface area (Å²) in [6.45, 7) is 1.15. The molecule has 2 rings (SSSR count). The first-order valence-corrected chi connectivity index (χ1v) is 7.82. The maximum Gasteiger partial charge on any atom is 0.248 e. The third-order valence-corrected chi connectivity index (χ3v) is 4.37. The van der Waals surface area contributed by atoms with Gasteiger partial charge in [0.25, 0.3) is 0 Å². The van der Waals surface area contributed by atoms with Crippen molar-refractivity contribution in [2.24, 2.45) is 0 Å². The van der Waals surface area contributed by atoms with Crippen LogP contribution in [0.2, 0.25) is 0 Å². The molecule has 0 spiro atoms. The van der Waals surface area contributed by atoms with Crippen molar-refractivity contribution in [3.8, 4) is 0 Å². The van der Waals surface area contributed by atoms with Crippen molar-refractivity contribution in [3.63, 3.8) is 0 Å². The van der Waals surface area contributed by atoms with E-state index in [1.165, 1.54) is 13.3 Å². The van der Waals surface area contributed by atoms with E-state index in [-0.39, 0.29) is 23.3 Å². The van der Waals surface area contributed by atoms with Crippen molar-refractivity contribution in [3.05, 3.63) is 11.9 Å². The van der Waals surface area contributed by atoms with Crippen molar-refractivity contribution >= 4 is 15.7 Å². The van der Waals surface area contributed by atoms with E-state index in [9.17, 15) is 13.2 Å². The van der Waals surface area contributed by atoms with Crippen LogP contribution < -0.4 is 0 Å². The largest absolute Gasteiger partial charge is 0.375 e. The molecule has 1 fully saturated rings. The van der Waals surface area contributed by atoms with E-state index in [2.05, 4.69) is 10.2 Å². The summed E-state index contributed by atoms with van der Waals surface area (Å²) < 4.78 is 28.1. The number of carbonyl (C=O) groups is 1. The molecule has 0 aromatic carbocycles. The molecule has 8 heteroatoms. The average molecular weight is 287 g/mol. The normalized spacial score (nSPS) is 19.9. The molecule has 2 heterocycles. The zero-order chi connectivity index (χ0) is 14.0. The molecule has 0 aliphatic carbocycles. The molecule has 0 radical (unpaired) electrons. The minimum atomic E-state index is -3.30. The third-order valence-electron chi connectivity index (χ3n) is 3.25. The van der Waals surface area contributed by atoms with Crippen LogP contribution in [0.3, 0.4) is 0 Å². The van der Waals surface area contributed by atoms with Crippen LogP contribution in [0.25, 0.3) is 0 Å². The van der Waals surface area contributed by atoms with Gasteiger partial charge in [0.15, 0.2) is 9.84 Å². The summed E-state index contributed by atoms with van der Waals surface area (Å²) in [5.74, 6) is -0.0987. The Hall–Kier alpha value is -1.41. The predicted octanol–water partition coefficient (Wildman–Crippen LogP) is -0.224. The predicted molar refractivity (Wildman–Crippen MR) is 67.5 cm³/mol. The molecule has 0 saturated carbocycles. The number of likely N-dealkylation sites (tertiary alicyclic amines) is 1. The number of amides is 1. The Morgan fingerprint density at radius 2 is 2.37 bits per heavy atom. The van der Waals surface area contributed by atoms with Crippen LogP contribution in [0.5, 0.6) is 0 Å². The number of rotatable bonds is 4. The fourth-order valence-electron chi connectivity index (χ4n) is 2.31. The molecule has 106 valence electrons. The van der Waals surface area contributed by atoms with Gasteiger partial charge in [-0.1, -0.05) is 0 Å². The maximum absolute atomic E-state index is 11.7. The zero-order valence-corrected chi connectivity index (χ0v) is 11.7. The minimum absolute atomic E-state index is 0.0203. The number of hydrogen-bond donors (Lipinski definition) is 1. The summed E-state index contributed by atoms with van der Waals surface area (Å²) in [6.07, 6.45) is 3.20. The second-order valence-corrected chi connectivity index (χ2v) is 6.66. The lowest BCUT2D eigenvalue weighted by atomic mass is 10.1. The molecule has 0 bridgehead atoms. The lowest BCUT2D eigenvalue weighted by Crippen LogP contribution is -2.31. The van der Waals surface area contributed by atoms with Gasteiger partial charge in [-0.2, -0.15) is 5.10 Å². The molecule has 19 heavy (non-hydrogen) atoms. The zero-order valence-electron chi connectivity index (χ0n) is 10.9. The van der Waals surface area contributed by atoms with Crippen molar-refractivity contribution in [2.45, 2.75) is 17.2 Å². The Bertz CT molecular complexity index is 566. The number of hydrogen-bond acceptors (Lipinski definition) is 5. The molecular formula is C11H17N3O4S. The van der Waals surface area contributed by atoms with Gasteiger partial charge in [-0.15, -0.1) is 0 Å². The van der Waals surface area contributed by atoms with Gasteiger partial charge in [0, 0.05) is 32.4 Å². The van der Waals surface area contributed by atoms with Gasteiger partial charge in [-0.05, 0) is 6.42 Å². The lowest BCUT2D eigenvalue weighted by Gasteiger charge is -2.15.